The average molecular weight is 395 g/mol. The van der Waals surface area contributed by atoms with Gasteiger partial charge in [0.2, 0.25) is 0 Å². The highest BCUT2D eigenvalue weighted by atomic mass is 79.9. The second kappa shape index (κ2) is 6.36. The Morgan fingerprint density at radius 1 is 1.45 bits per heavy atom. The Bertz CT molecular complexity index is 772. The zero-order valence-electron chi connectivity index (χ0n) is 11.5. The van der Waals surface area contributed by atoms with Gasteiger partial charge in [-0.15, -0.1) is 11.3 Å². The average Bonchev–Trinajstić information content (AvgIpc) is 3.08. The number of ether oxygens (including phenoxy) is 1. The summed E-state index contributed by atoms with van der Waals surface area (Å²) in [5.41, 5.74) is 0.885. The quantitative estimate of drug-likeness (QED) is 0.786. The van der Waals surface area contributed by atoms with Crippen molar-refractivity contribution in [3.8, 4) is 5.75 Å². The van der Waals surface area contributed by atoms with Gasteiger partial charge in [0.1, 0.15) is 16.7 Å². The number of hydrogen-bond donors (Lipinski definition) is 1. The first kappa shape index (κ1) is 15.5. The van der Waals surface area contributed by atoms with Gasteiger partial charge in [0.25, 0.3) is 0 Å². The normalized spacial score (nSPS) is 19.9. The standard InChI is InChI=1S/C15H11BrN2O2S2/c1-20-10-3-2-8(6-9(10)16)7-11-13(19)12(14(17)22-11)15-18-4-5-21-15/h2-7,12,17H,1H3/b11-7-,17-14?/t12-/m0/s1. The number of Topliss-reactive ketones (excluding diaryl/α,β-unsaturated/α-hetero) is 1. The number of allylic oxidation sites excluding steroid dienone is 1. The lowest BCUT2D eigenvalue weighted by atomic mass is 10.1. The van der Waals surface area contributed by atoms with Gasteiger partial charge in [-0.3, -0.25) is 10.2 Å². The van der Waals surface area contributed by atoms with Gasteiger partial charge in [0, 0.05) is 11.6 Å². The van der Waals surface area contributed by atoms with E-state index in [9.17, 15) is 4.79 Å². The van der Waals surface area contributed by atoms with Crippen molar-refractivity contribution < 1.29 is 9.53 Å². The molecule has 2 heterocycles. The maximum atomic E-state index is 12.5. The molecule has 7 heteroatoms. The van der Waals surface area contributed by atoms with Gasteiger partial charge in [-0.05, 0) is 39.7 Å². The molecule has 2 aromatic rings. The Kier molecular flexibility index (Phi) is 4.46. The topological polar surface area (TPSA) is 63.0 Å². The van der Waals surface area contributed by atoms with E-state index in [1.54, 1.807) is 19.4 Å². The third-order valence-electron chi connectivity index (χ3n) is 3.16. The molecule has 1 saturated heterocycles. The van der Waals surface area contributed by atoms with E-state index in [0.29, 0.717) is 15.0 Å². The molecule has 1 aromatic carbocycles. The summed E-state index contributed by atoms with van der Waals surface area (Å²) >= 11 is 6.04. The van der Waals surface area contributed by atoms with E-state index in [4.69, 9.17) is 10.1 Å². The minimum absolute atomic E-state index is 0.0584. The first-order valence-electron chi connectivity index (χ1n) is 6.35. The van der Waals surface area contributed by atoms with Crippen LogP contribution in [-0.4, -0.2) is 22.9 Å². The lowest BCUT2D eigenvalue weighted by Crippen LogP contribution is -2.11. The highest BCUT2D eigenvalue weighted by Gasteiger charge is 2.38. The first-order valence-corrected chi connectivity index (χ1v) is 8.84. The van der Waals surface area contributed by atoms with Crippen molar-refractivity contribution in [1.29, 1.82) is 5.41 Å². The zero-order valence-corrected chi connectivity index (χ0v) is 14.7. The number of methoxy groups -OCH3 is 1. The molecular weight excluding hydrogens is 384 g/mol. The van der Waals surface area contributed by atoms with Crippen molar-refractivity contribution in [2.24, 2.45) is 0 Å². The number of thioether (sulfide) groups is 1. The number of halogens is 1. The SMILES string of the molecule is COc1ccc(/C=C2\SC(=N)[C@@H](c3nccs3)C2=O)cc1Br. The second-order valence-electron chi connectivity index (χ2n) is 4.54. The highest BCUT2D eigenvalue weighted by Crippen LogP contribution is 2.41. The molecule has 1 aromatic heterocycles. The largest absolute Gasteiger partial charge is 0.496 e. The number of thiazole rings is 1. The highest BCUT2D eigenvalue weighted by molar-refractivity contribution is 9.10. The van der Waals surface area contributed by atoms with E-state index < -0.39 is 5.92 Å². The number of nitrogens with one attached hydrogen (secondary N) is 1. The van der Waals surface area contributed by atoms with Gasteiger partial charge in [-0.2, -0.15) is 0 Å². The molecule has 0 spiro atoms. The van der Waals surface area contributed by atoms with E-state index in [1.165, 1.54) is 23.1 Å². The monoisotopic (exact) mass is 394 g/mol. The van der Waals surface area contributed by atoms with E-state index in [0.717, 1.165) is 15.8 Å². The second-order valence-corrected chi connectivity index (χ2v) is 7.40. The summed E-state index contributed by atoms with van der Waals surface area (Å²) in [6, 6.07) is 5.61. The van der Waals surface area contributed by atoms with Crippen molar-refractivity contribution in [2.45, 2.75) is 5.92 Å². The van der Waals surface area contributed by atoms with Crippen LogP contribution in [0.1, 0.15) is 16.5 Å². The number of benzene rings is 1. The number of nitrogens with zero attached hydrogens (tertiary/aromatic N) is 1. The number of aromatic nitrogens is 1. The summed E-state index contributed by atoms with van der Waals surface area (Å²) < 4.78 is 6.02. The molecule has 1 aliphatic rings. The summed E-state index contributed by atoms with van der Waals surface area (Å²) in [7, 11) is 1.61. The van der Waals surface area contributed by atoms with Crippen molar-refractivity contribution in [2.75, 3.05) is 7.11 Å². The van der Waals surface area contributed by atoms with Crippen LogP contribution in [0, 0.1) is 5.41 Å². The predicted octanol–water partition coefficient (Wildman–Crippen LogP) is 4.33. The molecule has 1 fully saturated rings. The van der Waals surface area contributed by atoms with Crippen LogP contribution in [0.25, 0.3) is 6.08 Å². The first-order chi connectivity index (χ1) is 10.6. The Hall–Kier alpha value is -1.44. The maximum absolute atomic E-state index is 12.5. The minimum atomic E-state index is -0.544. The van der Waals surface area contributed by atoms with Crippen LogP contribution in [0.3, 0.4) is 0 Å². The van der Waals surface area contributed by atoms with E-state index in [-0.39, 0.29) is 5.78 Å². The molecule has 22 heavy (non-hydrogen) atoms. The molecule has 0 unspecified atom stereocenters. The van der Waals surface area contributed by atoms with Crippen LogP contribution < -0.4 is 4.74 Å². The van der Waals surface area contributed by atoms with Gasteiger partial charge in [0.05, 0.1) is 21.5 Å². The summed E-state index contributed by atoms with van der Waals surface area (Å²) in [6.45, 7) is 0. The third kappa shape index (κ3) is 2.88. The van der Waals surface area contributed by atoms with Crippen molar-refractivity contribution in [3.05, 3.63) is 49.7 Å². The molecule has 0 aliphatic carbocycles. The maximum Gasteiger partial charge on any atom is 0.186 e. The zero-order chi connectivity index (χ0) is 15.7. The molecule has 3 rings (SSSR count). The number of hydrogen-bond acceptors (Lipinski definition) is 6. The third-order valence-corrected chi connectivity index (χ3v) is 5.61. The number of rotatable bonds is 3. The molecule has 0 radical (unpaired) electrons. The number of carbonyl (C=O) groups is 1. The van der Waals surface area contributed by atoms with Gasteiger partial charge >= 0.3 is 0 Å². The molecule has 1 atom stereocenters. The van der Waals surface area contributed by atoms with E-state index in [2.05, 4.69) is 20.9 Å². The molecule has 0 bridgehead atoms. The smallest absolute Gasteiger partial charge is 0.186 e. The van der Waals surface area contributed by atoms with Crippen molar-refractivity contribution >= 4 is 55.9 Å². The fraction of sp³-hybridized carbons (Fsp3) is 0.133. The van der Waals surface area contributed by atoms with Gasteiger partial charge in [-0.1, -0.05) is 17.8 Å². The molecular formula is C15H11BrN2O2S2. The van der Waals surface area contributed by atoms with Crippen LogP contribution >= 0.6 is 39.0 Å². The molecule has 0 amide bonds. The fourth-order valence-corrected chi connectivity index (χ4v) is 4.48. The van der Waals surface area contributed by atoms with Crippen LogP contribution in [0.2, 0.25) is 0 Å². The molecule has 112 valence electrons. The molecule has 0 saturated carbocycles. The molecule has 4 nitrogen and oxygen atoms in total. The Labute approximate surface area is 144 Å². The molecule has 1 N–H and O–H groups in total. The van der Waals surface area contributed by atoms with Crippen molar-refractivity contribution in [3.63, 3.8) is 0 Å². The van der Waals surface area contributed by atoms with Gasteiger partial charge in [-0.25, -0.2) is 4.98 Å². The summed E-state index contributed by atoms with van der Waals surface area (Å²) in [5, 5.41) is 10.9. The lowest BCUT2D eigenvalue weighted by molar-refractivity contribution is -0.114. The summed E-state index contributed by atoms with van der Waals surface area (Å²) in [4.78, 5) is 17.3. The van der Waals surface area contributed by atoms with Gasteiger partial charge in [0.15, 0.2) is 5.78 Å². The fourth-order valence-electron chi connectivity index (χ4n) is 2.11. The van der Waals surface area contributed by atoms with Crippen LogP contribution in [0.15, 0.2) is 39.2 Å². The number of ketones is 1. The predicted molar refractivity (Wildman–Crippen MR) is 93.9 cm³/mol. The van der Waals surface area contributed by atoms with Crippen LogP contribution in [0.4, 0.5) is 0 Å². The van der Waals surface area contributed by atoms with Crippen molar-refractivity contribution in [1.82, 2.24) is 4.98 Å². The van der Waals surface area contributed by atoms with E-state index >= 15 is 0 Å². The lowest BCUT2D eigenvalue weighted by Gasteiger charge is -2.04. The Morgan fingerprint density at radius 3 is 2.91 bits per heavy atom. The summed E-state index contributed by atoms with van der Waals surface area (Å²) in [5.74, 6) is 0.135. The minimum Gasteiger partial charge on any atom is -0.496 e. The Morgan fingerprint density at radius 2 is 2.27 bits per heavy atom. The molecule has 1 aliphatic heterocycles. The Balaban J connectivity index is 1.91. The van der Waals surface area contributed by atoms with Crippen LogP contribution in [-0.2, 0) is 4.79 Å². The van der Waals surface area contributed by atoms with Gasteiger partial charge < -0.3 is 4.74 Å². The van der Waals surface area contributed by atoms with Crippen LogP contribution in [0.5, 0.6) is 5.75 Å². The number of carbonyl (C=O) groups excluding carboxylic acids is 1. The summed E-state index contributed by atoms with van der Waals surface area (Å²) in [6.07, 6.45) is 3.47. The van der Waals surface area contributed by atoms with E-state index in [1.807, 2.05) is 23.6 Å².